The second-order valence-electron chi connectivity index (χ2n) is 7.47. The summed E-state index contributed by atoms with van der Waals surface area (Å²) in [7, 11) is 0. The summed E-state index contributed by atoms with van der Waals surface area (Å²) in [5, 5.41) is 4.29. The number of likely N-dealkylation sites (tertiary alicyclic amines) is 2. The maximum absolute atomic E-state index is 11.9. The van der Waals surface area contributed by atoms with Crippen molar-refractivity contribution >= 4 is 11.8 Å². The highest BCUT2D eigenvalue weighted by atomic mass is 16.6. The molecule has 0 saturated carbocycles. The summed E-state index contributed by atoms with van der Waals surface area (Å²) in [5.74, 6) is 0.539. The molecule has 1 amide bonds. The van der Waals surface area contributed by atoms with Crippen LogP contribution in [0.5, 0.6) is 0 Å². The number of carbonyl (C=O) groups excluding carboxylic acids is 1. The van der Waals surface area contributed by atoms with Gasteiger partial charge >= 0.3 is 6.09 Å². The number of piperidine rings is 1. The summed E-state index contributed by atoms with van der Waals surface area (Å²) < 4.78 is 5.15. The van der Waals surface area contributed by atoms with Crippen LogP contribution in [-0.2, 0) is 9.57 Å². The Labute approximate surface area is 152 Å². The van der Waals surface area contributed by atoms with E-state index in [-0.39, 0.29) is 12.2 Å². The SMILES string of the molecule is CCOC(=O)N1CCCC(N2CCC(/C(C)=N/OC(C)C)CC2)CC1. The van der Waals surface area contributed by atoms with Crippen LogP contribution in [0.25, 0.3) is 0 Å². The van der Waals surface area contributed by atoms with Crippen LogP contribution in [-0.4, -0.2) is 66.5 Å². The molecule has 6 heteroatoms. The molecule has 2 heterocycles. The molecular weight excluding hydrogens is 318 g/mol. The number of hydrogen-bond acceptors (Lipinski definition) is 5. The van der Waals surface area contributed by atoms with Crippen LogP contribution in [0.15, 0.2) is 5.16 Å². The van der Waals surface area contributed by atoms with Crippen LogP contribution >= 0.6 is 0 Å². The van der Waals surface area contributed by atoms with E-state index in [4.69, 9.17) is 9.57 Å². The largest absolute Gasteiger partial charge is 0.450 e. The van der Waals surface area contributed by atoms with Gasteiger partial charge in [0.15, 0.2) is 0 Å². The molecule has 2 aliphatic rings. The van der Waals surface area contributed by atoms with Gasteiger partial charge in [-0.25, -0.2) is 4.79 Å². The maximum atomic E-state index is 11.9. The van der Waals surface area contributed by atoms with Gasteiger partial charge in [-0.05, 0) is 72.9 Å². The van der Waals surface area contributed by atoms with Crippen molar-refractivity contribution in [1.29, 1.82) is 0 Å². The Morgan fingerprint density at radius 1 is 1.12 bits per heavy atom. The summed E-state index contributed by atoms with van der Waals surface area (Å²) in [6.45, 7) is 12.3. The van der Waals surface area contributed by atoms with Gasteiger partial charge in [-0.3, -0.25) is 0 Å². The first kappa shape index (κ1) is 20.0. The Kier molecular flexibility index (Phi) is 8.00. The molecular formula is C19H35N3O3. The molecule has 0 N–H and O–H groups in total. The number of hydrogen-bond donors (Lipinski definition) is 0. The van der Waals surface area contributed by atoms with Crippen LogP contribution in [0.2, 0.25) is 0 Å². The molecule has 2 fully saturated rings. The first-order valence-corrected chi connectivity index (χ1v) is 9.87. The zero-order valence-corrected chi connectivity index (χ0v) is 16.4. The monoisotopic (exact) mass is 353 g/mol. The minimum Gasteiger partial charge on any atom is -0.450 e. The molecule has 2 saturated heterocycles. The highest BCUT2D eigenvalue weighted by Crippen LogP contribution is 2.25. The molecule has 0 bridgehead atoms. The number of ether oxygens (including phenoxy) is 1. The van der Waals surface area contributed by atoms with E-state index in [1.165, 1.54) is 6.42 Å². The number of amides is 1. The van der Waals surface area contributed by atoms with E-state index in [2.05, 4.69) is 17.0 Å². The second kappa shape index (κ2) is 10.00. The highest BCUT2D eigenvalue weighted by Gasteiger charge is 2.29. The molecule has 0 aromatic carbocycles. The molecule has 1 atom stereocenters. The van der Waals surface area contributed by atoms with Crippen molar-refractivity contribution in [3.63, 3.8) is 0 Å². The summed E-state index contributed by atoms with van der Waals surface area (Å²) in [5.41, 5.74) is 1.13. The van der Waals surface area contributed by atoms with E-state index >= 15 is 0 Å². The fraction of sp³-hybridized carbons (Fsp3) is 0.895. The maximum Gasteiger partial charge on any atom is 0.409 e. The zero-order valence-electron chi connectivity index (χ0n) is 16.4. The van der Waals surface area contributed by atoms with Gasteiger partial charge in [0.25, 0.3) is 0 Å². The molecule has 1 unspecified atom stereocenters. The molecule has 0 spiro atoms. The van der Waals surface area contributed by atoms with Gasteiger partial charge in [-0.2, -0.15) is 0 Å². The van der Waals surface area contributed by atoms with Gasteiger partial charge < -0.3 is 19.4 Å². The second-order valence-corrected chi connectivity index (χ2v) is 7.47. The quantitative estimate of drug-likeness (QED) is 0.561. The van der Waals surface area contributed by atoms with Crippen molar-refractivity contribution < 1.29 is 14.4 Å². The highest BCUT2D eigenvalue weighted by molar-refractivity contribution is 5.83. The molecule has 25 heavy (non-hydrogen) atoms. The third-order valence-electron chi connectivity index (χ3n) is 5.27. The summed E-state index contributed by atoms with van der Waals surface area (Å²) >= 11 is 0. The number of carbonyl (C=O) groups is 1. The van der Waals surface area contributed by atoms with Crippen LogP contribution in [0.1, 0.15) is 59.8 Å². The standard InChI is InChI=1S/C19H35N3O3/c1-5-24-19(23)22-11-6-7-18(10-14-22)21-12-8-17(9-13-21)16(4)20-25-15(2)3/h15,17-18H,5-14H2,1-4H3/b20-16+. The molecule has 0 aliphatic carbocycles. The molecule has 2 aliphatic heterocycles. The minimum atomic E-state index is -0.154. The lowest BCUT2D eigenvalue weighted by molar-refractivity contribution is 0.0822. The summed E-state index contributed by atoms with van der Waals surface area (Å²) in [4.78, 5) is 21.8. The molecule has 0 aromatic rings. The van der Waals surface area contributed by atoms with Crippen LogP contribution < -0.4 is 0 Å². The lowest BCUT2D eigenvalue weighted by atomic mass is 9.91. The van der Waals surface area contributed by atoms with Gasteiger partial charge in [0.2, 0.25) is 0 Å². The Balaban J connectivity index is 1.79. The average Bonchev–Trinajstić information content (AvgIpc) is 2.86. The molecule has 0 aromatic heterocycles. The normalized spacial score (nSPS) is 24.3. The van der Waals surface area contributed by atoms with E-state index < -0.39 is 0 Å². The van der Waals surface area contributed by atoms with Crippen LogP contribution in [0.3, 0.4) is 0 Å². The predicted octanol–water partition coefficient (Wildman–Crippen LogP) is 3.51. The van der Waals surface area contributed by atoms with E-state index in [1.807, 2.05) is 25.7 Å². The number of nitrogens with zero attached hydrogens (tertiary/aromatic N) is 3. The zero-order chi connectivity index (χ0) is 18.2. The Bertz CT molecular complexity index is 445. The third kappa shape index (κ3) is 6.17. The van der Waals surface area contributed by atoms with Crippen molar-refractivity contribution in [2.24, 2.45) is 11.1 Å². The Hall–Kier alpha value is -1.30. The van der Waals surface area contributed by atoms with Gasteiger partial charge in [0, 0.05) is 25.0 Å². The van der Waals surface area contributed by atoms with Crippen LogP contribution in [0.4, 0.5) is 4.79 Å². The molecule has 0 radical (unpaired) electrons. The fourth-order valence-corrected chi connectivity index (χ4v) is 3.79. The van der Waals surface area contributed by atoms with Gasteiger partial charge in [0.1, 0.15) is 6.10 Å². The molecule has 144 valence electrons. The van der Waals surface area contributed by atoms with Crippen molar-refractivity contribution in [2.75, 3.05) is 32.8 Å². The number of rotatable bonds is 5. The summed E-state index contributed by atoms with van der Waals surface area (Å²) in [6.07, 6.45) is 5.56. The molecule has 6 nitrogen and oxygen atoms in total. The van der Waals surface area contributed by atoms with Crippen LogP contribution in [0, 0.1) is 5.92 Å². The summed E-state index contributed by atoms with van der Waals surface area (Å²) in [6, 6.07) is 0.588. The smallest absolute Gasteiger partial charge is 0.409 e. The minimum absolute atomic E-state index is 0.142. The lowest BCUT2D eigenvalue weighted by Gasteiger charge is -2.37. The topological polar surface area (TPSA) is 54.4 Å². The van der Waals surface area contributed by atoms with Crippen molar-refractivity contribution in [2.45, 2.75) is 71.9 Å². The molecule has 2 rings (SSSR count). The van der Waals surface area contributed by atoms with Crippen molar-refractivity contribution in [3.05, 3.63) is 0 Å². The average molecular weight is 354 g/mol. The van der Waals surface area contributed by atoms with Crippen molar-refractivity contribution in [1.82, 2.24) is 9.80 Å². The third-order valence-corrected chi connectivity index (χ3v) is 5.27. The van der Waals surface area contributed by atoms with E-state index in [0.717, 1.165) is 57.6 Å². The first-order chi connectivity index (χ1) is 12.0. The predicted molar refractivity (Wildman–Crippen MR) is 99.9 cm³/mol. The number of oxime groups is 1. The van der Waals surface area contributed by atoms with E-state index in [9.17, 15) is 4.79 Å². The fourth-order valence-electron chi connectivity index (χ4n) is 3.79. The van der Waals surface area contributed by atoms with E-state index in [1.54, 1.807) is 0 Å². The lowest BCUT2D eigenvalue weighted by Crippen LogP contribution is -2.43. The first-order valence-electron chi connectivity index (χ1n) is 9.87. The van der Waals surface area contributed by atoms with Gasteiger partial charge in [-0.1, -0.05) is 5.16 Å². The van der Waals surface area contributed by atoms with Gasteiger partial charge in [-0.15, -0.1) is 0 Å². The Morgan fingerprint density at radius 2 is 1.84 bits per heavy atom. The van der Waals surface area contributed by atoms with E-state index in [0.29, 0.717) is 18.6 Å². The Morgan fingerprint density at radius 3 is 2.48 bits per heavy atom. The van der Waals surface area contributed by atoms with Gasteiger partial charge in [0.05, 0.1) is 12.3 Å². The van der Waals surface area contributed by atoms with Crippen molar-refractivity contribution in [3.8, 4) is 0 Å².